The standard InChI is InChI=1S/C14H15FN4O2/c1-21-13-3-2-10(8-12(13)15)14(20)18-7-4-11(9-18)19-16-5-6-17-19/h2-3,5-6,8,11H,4,7,9H2,1H3. The first kappa shape index (κ1) is 13.5. The Bertz CT molecular complexity index is 644. The molecule has 1 unspecified atom stereocenters. The summed E-state index contributed by atoms with van der Waals surface area (Å²) in [7, 11) is 1.39. The second-order valence-electron chi connectivity index (χ2n) is 4.89. The molecule has 0 spiro atoms. The summed E-state index contributed by atoms with van der Waals surface area (Å²) in [6.45, 7) is 1.14. The molecular formula is C14H15FN4O2. The van der Waals surface area contributed by atoms with Gasteiger partial charge in [0.1, 0.15) is 0 Å². The van der Waals surface area contributed by atoms with Gasteiger partial charge in [0.15, 0.2) is 11.6 Å². The van der Waals surface area contributed by atoms with Crippen LogP contribution in [0.25, 0.3) is 0 Å². The number of benzene rings is 1. The van der Waals surface area contributed by atoms with Crippen LogP contribution in [0.4, 0.5) is 4.39 Å². The number of carbonyl (C=O) groups is 1. The molecule has 0 bridgehead atoms. The lowest BCUT2D eigenvalue weighted by molar-refractivity contribution is 0.0785. The lowest BCUT2D eigenvalue weighted by Crippen LogP contribution is -2.29. The normalized spacial score (nSPS) is 18.0. The molecule has 21 heavy (non-hydrogen) atoms. The van der Waals surface area contributed by atoms with Crippen LogP contribution in [0, 0.1) is 5.82 Å². The number of methoxy groups -OCH3 is 1. The van der Waals surface area contributed by atoms with Gasteiger partial charge >= 0.3 is 0 Å². The summed E-state index contributed by atoms with van der Waals surface area (Å²) in [4.78, 5) is 15.7. The predicted octanol–water partition coefficient (Wildman–Crippen LogP) is 1.51. The van der Waals surface area contributed by atoms with Crippen LogP contribution in [-0.2, 0) is 0 Å². The van der Waals surface area contributed by atoms with E-state index in [1.54, 1.807) is 28.2 Å². The van der Waals surface area contributed by atoms with E-state index in [-0.39, 0.29) is 17.7 Å². The van der Waals surface area contributed by atoms with Crippen LogP contribution in [-0.4, -0.2) is 46.0 Å². The van der Waals surface area contributed by atoms with Crippen molar-refractivity contribution in [2.75, 3.05) is 20.2 Å². The maximum atomic E-state index is 13.7. The van der Waals surface area contributed by atoms with E-state index in [0.29, 0.717) is 18.7 Å². The third-order valence-electron chi connectivity index (χ3n) is 3.61. The van der Waals surface area contributed by atoms with Crippen molar-refractivity contribution < 1.29 is 13.9 Å². The van der Waals surface area contributed by atoms with Gasteiger partial charge in [-0.15, -0.1) is 0 Å². The van der Waals surface area contributed by atoms with E-state index >= 15 is 0 Å². The van der Waals surface area contributed by atoms with Crippen LogP contribution in [0.1, 0.15) is 22.8 Å². The summed E-state index contributed by atoms with van der Waals surface area (Å²) in [5, 5.41) is 8.19. The number of hydrogen-bond donors (Lipinski definition) is 0. The van der Waals surface area contributed by atoms with Crippen molar-refractivity contribution in [1.82, 2.24) is 19.9 Å². The first-order chi connectivity index (χ1) is 10.2. The van der Waals surface area contributed by atoms with Crippen LogP contribution < -0.4 is 4.74 Å². The number of rotatable bonds is 3. The quantitative estimate of drug-likeness (QED) is 0.860. The maximum absolute atomic E-state index is 13.7. The summed E-state index contributed by atoms with van der Waals surface area (Å²) < 4.78 is 18.5. The summed E-state index contributed by atoms with van der Waals surface area (Å²) >= 11 is 0. The molecule has 2 aromatic rings. The van der Waals surface area contributed by atoms with E-state index in [0.717, 1.165) is 6.42 Å². The highest BCUT2D eigenvalue weighted by molar-refractivity contribution is 5.94. The van der Waals surface area contributed by atoms with Crippen molar-refractivity contribution >= 4 is 5.91 Å². The highest BCUT2D eigenvalue weighted by Crippen LogP contribution is 2.23. The molecule has 1 amide bonds. The maximum Gasteiger partial charge on any atom is 0.254 e. The van der Waals surface area contributed by atoms with Gasteiger partial charge in [0, 0.05) is 18.7 Å². The van der Waals surface area contributed by atoms with Gasteiger partial charge in [-0.3, -0.25) is 4.79 Å². The number of nitrogens with zero attached hydrogens (tertiary/aromatic N) is 4. The molecule has 6 nitrogen and oxygen atoms in total. The number of halogens is 1. The highest BCUT2D eigenvalue weighted by atomic mass is 19.1. The third kappa shape index (κ3) is 2.58. The first-order valence-corrected chi connectivity index (χ1v) is 6.67. The van der Waals surface area contributed by atoms with Crippen molar-refractivity contribution in [3.05, 3.63) is 42.0 Å². The molecule has 0 radical (unpaired) electrons. The zero-order chi connectivity index (χ0) is 14.8. The molecule has 1 saturated heterocycles. The molecule has 1 fully saturated rings. The van der Waals surface area contributed by atoms with Crippen molar-refractivity contribution in [3.63, 3.8) is 0 Å². The van der Waals surface area contributed by atoms with Gasteiger partial charge in [0.2, 0.25) is 0 Å². The largest absolute Gasteiger partial charge is 0.494 e. The number of ether oxygens (including phenoxy) is 1. The molecule has 0 saturated carbocycles. The van der Waals surface area contributed by atoms with Crippen LogP contribution in [0.5, 0.6) is 5.75 Å². The number of likely N-dealkylation sites (tertiary alicyclic amines) is 1. The van der Waals surface area contributed by atoms with E-state index < -0.39 is 5.82 Å². The molecule has 1 aliphatic heterocycles. The monoisotopic (exact) mass is 290 g/mol. The molecule has 2 heterocycles. The molecule has 1 aromatic heterocycles. The van der Waals surface area contributed by atoms with Crippen molar-refractivity contribution in [2.24, 2.45) is 0 Å². The fourth-order valence-electron chi connectivity index (χ4n) is 2.51. The van der Waals surface area contributed by atoms with Gasteiger partial charge < -0.3 is 9.64 Å². The number of aromatic nitrogens is 3. The van der Waals surface area contributed by atoms with Gasteiger partial charge in [-0.25, -0.2) is 4.39 Å². The number of carbonyl (C=O) groups excluding carboxylic acids is 1. The Morgan fingerprint density at radius 2 is 2.14 bits per heavy atom. The topological polar surface area (TPSA) is 60.2 Å². The lowest BCUT2D eigenvalue weighted by Gasteiger charge is -2.16. The fraction of sp³-hybridized carbons (Fsp3) is 0.357. The zero-order valence-electron chi connectivity index (χ0n) is 11.6. The Balaban J connectivity index is 1.73. The first-order valence-electron chi connectivity index (χ1n) is 6.67. The van der Waals surface area contributed by atoms with Crippen LogP contribution in [0.3, 0.4) is 0 Å². The zero-order valence-corrected chi connectivity index (χ0v) is 11.6. The molecule has 3 rings (SSSR count). The number of hydrogen-bond acceptors (Lipinski definition) is 4. The molecule has 0 aliphatic carbocycles. The Morgan fingerprint density at radius 3 is 2.81 bits per heavy atom. The van der Waals surface area contributed by atoms with Crippen molar-refractivity contribution in [2.45, 2.75) is 12.5 Å². The van der Waals surface area contributed by atoms with Crippen molar-refractivity contribution in [3.8, 4) is 5.75 Å². The average molecular weight is 290 g/mol. The van der Waals surface area contributed by atoms with Gasteiger partial charge in [-0.1, -0.05) is 0 Å². The SMILES string of the molecule is COc1ccc(C(=O)N2CCC(n3nccn3)C2)cc1F. The highest BCUT2D eigenvalue weighted by Gasteiger charge is 2.29. The molecule has 7 heteroatoms. The molecule has 110 valence electrons. The average Bonchev–Trinajstić information content (AvgIpc) is 3.17. The Hall–Kier alpha value is -2.44. The summed E-state index contributed by atoms with van der Waals surface area (Å²) in [5.41, 5.74) is 0.322. The molecule has 1 aromatic carbocycles. The Morgan fingerprint density at radius 1 is 1.38 bits per heavy atom. The molecular weight excluding hydrogens is 275 g/mol. The second-order valence-corrected chi connectivity index (χ2v) is 4.89. The smallest absolute Gasteiger partial charge is 0.254 e. The van der Waals surface area contributed by atoms with Crippen LogP contribution in [0.2, 0.25) is 0 Å². The number of amides is 1. The van der Waals surface area contributed by atoms with E-state index in [1.165, 1.54) is 19.2 Å². The summed E-state index contributed by atoms with van der Waals surface area (Å²) in [6, 6.07) is 4.32. The fourth-order valence-corrected chi connectivity index (χ4v) is 2.51. The van der Waals surface area contributed by atoms with Gasteiger partial charge in [-0.05, 0) is 24.6 Å². The third-order valence-corrected chi connectivity index (χ3v) is 3.61. The van der Waals surface area contributed by atoms with E-state index in [9.17, 15) is 9.18 Å². The molecule has 0 N–H and O–H groups in total. The Labute approximate surface area is 121 Å². The predicted molar refractivity (Wildman–Crippen MR) is 72.5 cm³/mol. The van der Waals surface area contributed by atoms with Gasteiger partial charge in [0.05, 0.1) is 25.5 Å². The minimum absolute atomic E-state index is 0.0760. The minimum atomic E-state index is -0.534. The van der Waals surface area contributed by atoms with Gasteiger partial charge in [0.25, 0.3) is 5.91 Å². The molecule has 1 atom stereocenters. The minimum Gasteiger partial charge on any atom is -0.494 e. The van der Waals surface area contributed by atoms with Crippen LogP contribution >= 0.6 is 0 Å². The summed E-state index contributed by atoms with van der Waals surface area (Å²) in [5.74, 6) is -0.592. The second kappa shape index (κ2) is 5.51. The molecule has 1 aliphatic rings. The van der Waals surface area contributed by atoms with Crippen LogP contribution in [0.15, 0.2) is 30.6 Å². The van der Waals surface area contributed by atoms with Crippen molar-refractivity contribution in [1.29, 1.82) is 0 Å². The van der Waals surface area contributed by atoms with E-state index in [1.807, 2.05) is 0 Å². The Kier molecular flexibility index (Phi) is 3.55. The van der Waals surface area contributed by atoms with Gasteiger partial charge in [-0.2, -0.15) is 15.0 Å². The van der Waals surface area contributed by atoms with E-state index in [2.05, 4.69) is 10.2 Å². The lowest BCUT2D eigenvalue weighted by atomic mass is 10.2. The summed E-state index contributed by atoms with van der Waals surface area (Å²) in [6.07, 6.45) is 4.02. The van der Waals surface area contributed by atoms with E-state index in [4.69, 9.17) is 4.74 Å².